The molecule has 1 heterocycles. The fourth-order valence-corrected chi connectivity index (χ4v) is 2.19. The van der Waals surface area contributed by atoms with Crippen LogP contribution in [0, 0.1) is 17.8 Å². The molecule has 1 aliphatic heterocycles. The van der Waals surface area contributed by atoms with Crippen molar-refractivity contribution < 1.29 is 77.3 Å². The van der Waals surface area contributed by atoms with Crippen LogP contribution in [-0.4, -0.2) is 24.6 Å². The van der Waals surface area contributed by atoms with Crippen LogP contribution in [0.4, 0.5) is 0 Å². The van der Waals surface area contributed by atoms with E-state index in [1.165, 1.54) is 0 Å². The molecule has 0 amide bonds. The van der Waals surface area contributed by atoms with Crippen LogP contribution in [0.3, 0.4) is 0 Å². The third-order valence-electron chi connectivity index (χ3n) is 3.50. The van der Waals surface area contributed by atoms with Crippen LogP contribution in [-0.2, 0) is 19.1 Å². The van der Waals surface area contributed by atoms with Gasteiger partial charge < -0.3 is 9.47 Å². The van der Waals surface area contributed by atoms with Crippen molar-refractivity contribution in [2.75, 3.05) is 6.61 Å². The van der Waals surface area contributed by atoms with E-state index in [4.69, 9.17) is 9.47 Å². The van der Waals surface area contributed by atoms with E-state index in [0.717, 1.165) is 6.42 Å². The van der Waals surface area contributed by atoms with Crippen LogP contribution in [0.2, 0.25) is 0 Å². The molecule has 5 heteroatoms. The monoisotopic (exact) mass is 322 g/mol. The molecule has 0 spiro atoms. The normalized spacial score (nSPS) is 28.3. The summed E-state index contributed by atoms with van der Waals surface area (Å²) in [5.41, 5.74) is 0. The van der Waals surface area contributed by atoms with Gasteiger partial charge in [0.15, 0.2) is 5.97 Å². The number of rotatable bonds is 4. The minimum absolute atomic E-state index is 0. The van der Waals surface area contributed by atoms with Crippen LogP contribution in [0.25, 0.3) is 0 Å². The smallest absolute Gasteiger partial charge is 0.487 e. The largest absolute Gasteiger partial charge is 1.00 e. The molecule has 94 valence electrons. The number of esters is 2. The number of allylic oxidation sites excluding steroid dienone is 1. The number of hydrogen-bond donors (Lipinski definition) is 0. The molecule has 0 aromatic rings. The van der Waals surface area contributed by atoms with Gasteiger partial charge in [0.1, 0.15) is 12.7 Å². The molecule has 0 aromatic carbocycles. The molecule has 1 saturated heterocycles. The second-order valence-electron chi connectivity index (χ2n) is 4.57. The molecule has 0 saturated carbocycles. The summed E-state index contributed by atoms with van der Waals surface area (Å²) in [6, 6.07) is 0. The van der Waals surface area contributed by atoms with Crippen molar-refractivity contribution in [2.24, 2.45) is 11.8 Å². The average Bonchev–Trinajstić information content (AvgIpc) is 2.86. The summed E-state index contributed by atoms with van der Waals surface area (Å²) < 4.78 is 10.3. The Hall–Kier alpha value is 0.355. The summed E-state index contributed by atoms with van der Waals surface area (Å²) in [5.74, 6) is -0.0284. The van der Waals surface area contributed by atoms with Crippen molar-refractivity contribution in [2.45, 2.75) is 32.8 Å². The maximum Gasteiger partial charge on any atom is 1.00 e. The fourth-order valence-electron chi connectivity index (χ4n) is 2.19. The molecule has 3 atom stereocenters. The van der Waals surface area contributed by atoms with Gasteiger partial charge in [-0.05, 0) is 12.5 Å². The summed E-state index contributed by atoms with van der Waals surface area (Å²) in [7, 11) is 0. The minimum atomic E-state index is -0.310. The van der Waals surface area contributed by atoms with Gasteiger partial charge in [-0.25, -0.2) is 0 Å². The zero-order valence-electron chi connectivity index (χ0n) is 11.1. The Bertz CT molecular complexity index is 353. The van der Waals surface area contributed by atoms with Gasteiger partial charge in [0.25, 0.3) is 0 Å². The second-order valence-corrected chi connectivity index (χ2v) is 4.57. The summed E-state index contributed by atoms with van der Waals surface area (Å²) >= 11 is 0. The first kappa shape index (κ1) is 16.4. The standard InChI is InChI=1S/C13H17O4.Rb/c1-3-8(2)12(14)16-7-10-9-5-4-6-11(9)17-13(10)15;/h4,6,9-11H,3,5,7H2,1-2H3;/q-1;+1/t9-,10+,11-;/m1./s1. The van der Waals surface area contributed by atoms with Gasteiger partial charge >= 0.3 is 64.2 Å². The summed E-state index contributed by atoms with van der Waals surface area (Å²) in [5, 5.41) is 0. The topological polar surface area (TPSA) is 52.6 Å². The zero-order valence-corrected chi connectivity index (χ0v) is 16.1. The van der Waals surface area contributed by atoms with E-state index in [2.05, 4.69) is 0 Å². The molecular weight excluding hydrogens is 306 g/mol. The quantitative estimate of drug-likeness (QED) is 0.365. The molecule has 2 rings (SSSR count). The summed E-state index contributed by atoms with van der Waals surface area (Å²) in [6.45, 7) is 3.78. The summed E-state index contributed by atoms with van der Waals surface area (Å²) in [6.07, 6.45) is 5.31. The molecule has 1 aliphatic carbocycles. The van der Waals surface area contributed by atoms with Gasteiger partial charge in [0.2, 0.25) is 0 Å². The molecular formula is C13H17O4Rb. The van der Waals surface area contributed by atoms with Crippen molar-refractivity contribution in [1.29, 1.82) is 0 Å². The molecule has 2 aliphatic rings. The van der Waals surface area contributed by atoms with Crippen LogP contribution < -0.4 is 58.2 Å². The van der Waals surface area contributed by atoms with Crippen LogP contribution in [0.1, 0.15) is 26.7 Å². The number of hydrogen-bond acceptors (Lipinski definition) is 4. The van der Waals surface area contributed by atoms with Crippen LogP contribution in [0.5, 0.6) is 0 Å². The summed E-state index contributed by atoms with van der Waals surface area (Å²) in [4.78, 5) is 23.1. The van der Waals surface area contributed by atoms with Gasteiger partial charge in [-0.1, -0.05) is 13.0 Å². The van der Waals surface area contributed by atoms with Crippen molar-refractivity contribution in [3.8, 4) is 0 Å². The second kappa shape index (κ2) is 7.22. The van der Waals surface area contributed by atoms with Crippen molar-refractivity contribution in [3.05, 3.63) is 18.1 Å². The van der Waals surface area contributed by atoms with E-state index in [1.807, 2.05) is 19.1 Å². The van der Waals surface area contributed by atoms with E-state index in [1.54, 1.807) is 6.92 Å². The Kier molecular flexibility index (Phi) is 6.58. The molecule has 18 heavy (non-hydrogen) atoms. The molecule has 0 bridgehead atoms. The first-order chi connectivity index (χ1) is 8.13. The molecule has 0 N–H and O–H groups in total. The number of ether oxygens (including phenoxy) is 2. The predicted octanol–water partition coefficient (Wildman–Crippen LogP) is -1.34. The van der Waals surface area contributed by atoms with Gasteiger partial charge in [-0.2, -0.15) is 13.3 Å². The Morgan fingerprint density at radius 2 is 2.33 bits per heavy atom. The van der Waals surface area contributed by atoms with E-state index < -0.39 is 0 Å². The number of fused-ring (bicyclic) bond motifs is 1. The van der Waals surface area contributed by atoms with Crippen molar-refractivity contribution in [3.63, 3.8) is 0 Å². The van der Waals surface area contributed by atoms with Crippen molar-refractivity contribution >= 4 is 11.9 Å². The Labute approximate surface area is 156 Å². The van der Waals surface area contributed by atoms with Crippen molar-refractivity contribution in [1.82, 2.24) is 0 Å². The van der Waals surface area contributed by atoms with Gasteiger partial charge in [0, 0.05) is 5.92 Å². The molecule has 0 aromatic heterocycles. The number of carbonyl (C=O) groups excluding carboxylic acids is 2. The van der Waals surface area contributed by atoms with Crippen LogP contribution >= 0.6 is 0 Å². The van der Waals surface area contributed by atoms with Crippen LogP contribution in [0.15, 0.2) is 12.2 Å². The average molecular weight is 323 g/mol. The van der Waals surface area contributed by atoms with Gasteiger partial charge in [-0.15, -0.1) is 0 Å². The van der Waals surface area contributed by atoms with E-state index >= 15 is 0 Å². The number of carbonyl (C=O) groups is 2. The third kappa shape index (κ3) is 3.47. The first-order valence-electron chi connectivity index (χ1n) is 6.00. The maximum atomic E-state index is 11.6. The Balaban J connectivity index is 0.00000162. The molecule has 0 unspecified atom stereocenters. The SMILES string of the molecule is CC[C-](C)C(=O)OC[C@@H]1C(=O)O[C@@H]2C=CC[C@H]12.[Rb+]. The van der Waals surface area contributed by atoms with Gasteiger partial charge in [-0.3, -0.25) is 15.5 Å². The molecule has 0 radical (unpaired) electrons. The Morgan fingerprint density at radius 3 is 3.00 bits per heavy atom. The Morgan fingerprint density at radius 1 is 1.61 bits per heavy atom. The molecule has 1 fully saturated rings. The van der Waals surface area contributed by atoms with E-state index in [0.29, 0.717) is 12.3 Å². The van der Waals surface area contributed by atoms with E-state index in [9.17, 15) is 9.59 Å². The van der Waals surface area contributed by atoms with E-state index in [-0.39, 0.29) is 94.7 Å². The fraction of sp³-hybridized carbons (Fsp3) is 0.615. The minimum Gasteiger partial charge on any atom is -0.487 e. The third-order valence-corrected chi connectivity index (χ3v) is 3.50. The first-order valence-corrected chi connectivity index (χ1v) is 6.00. The maximum absolute atomic E-state index is 11.6. The predicted molar refractivity (Wildman–Crippen MR) is 60.8 cm³/mol. The van der Waals surface area contributed by atoms with Gasteiger partial charge in [0.05, 0.1) is 5.92 Å². The molecule has 4 nitrogen and oxygen atoms in total. The zero-order chi connectivity index (χ0) is 12.4.